The van der Waals surface area contributed by atoms with E-state index in [9.17, 15) is 4.79 Å². The molecule has 13 heavy (non-hydrogen) atoms. The van der Waals surface area contributed by atoms with Gasteiger partial charge in [-0.25, -0.2) is 4.98 Å². The molecule has 2 N–H and O–H groups in total. The smallest absolute Gasteiger partial charge is 0.307 e. The van der Waals surface area contributed by atoms with Crippen molar-refractivity contribution in [3.05, 3.63) is 14.1 Å². The maximum absolute atomic E-state index is 10.9. The molecule has 1 aromatic rings. The van der Waals surface area contributed by atoms with Gasteiger partial charge in [0.15, 0.2) is 0 Å². The quantitative estimate of drug-likeness (QED) is 0.675. The number of hydrogen-bond acceptors (Lipinski definition) is 5. The minimum Gasteiger partial charge on any atom is -0.469 e. The molecule has 1 unspecified atom stereocenters. The highest BCUT2D eigenvalue weighted by Crippen LogP contribution is 2.21. The standard InChI is InChI=1S/C7H9IN2O2S/c1-12-6(11)2-4(9)7-10-3-5(8)13-7/h3-4H,2,9H2,1H3. The van der Waals surface area contributed by atoms with Crippen LogP contribution in [0.1, 0.15) is 17.5 Å². The molecule has 0 aliphatic rings. The lowest BCUT2D eigenvalue weighted by atomic mass is 10.2. The van der Waals surface area contributed by atoms with Crippen LogP contribution in [0.15, 0.2) is 6.20 Å². The lowest BCUT2D eigenvalue weighted by molar-refractivity contribution is -0.141. The SMILES string of the molecule is COC(=O)CC(N)c1ncc(I)s1. The summed E-state index contributed by atoms with van der Waals surface area (Å²) in [5.41, 5.74) is 5.73. The van der Waals surface area contributed by atoms with Crippen molar-refractivity contribution < 1.29 is 9.53 Å². The summed E-state index contributed by atoms with van der Waals surface area (Å²) in [6, 6.07) is -0.346. The highest BCUT2D eigenvalue weighted by Gasteiger charge is 2.14. The number of thiazole rings is 1. The summed E-state index contributed by atoms with van der Waals surface area (Å²) in [5.74, 6) is -0.308. The van der Waals surface area contributed by atoms with Gasteiger partial charge in [0.25, 0.3) is 0 Å². The van der Waals surface area contributed by atoms with E-state index in [4.69, 9.17) is 5.73 Å². The highest BCUT2D eigenvalue weighted by atomic mass is 127. The minimum atomic E-state index is -0.346. The summed E-state index contributed by atoms with van der Waals surface area (Å²) >= 11 is 3.65. The van der Waals surface area contributed by atoms with Crippen molar-refractivity contribution in [3.63, 3.8) is 0 Å². The average molecular weight is 312 g/mol. The van der Waals surface area contributed by atoms with Gasteiger partial charge in [0, 0.05) is 0 Å². The molecule has 0 aliphatic carbocycles. The van der Waals surface area contributed by atoms with Gasteiger partial charge in [-0.1, -0.05) is 0 Å². The number of aromatic nitrogens is 1. The van der Waals surface area contributed by atoms with Crippen molar-refractivity contribution >= 4 is 39.9 Å². The van der Waals surface area contributed by atoms with Crippen LogP contribution in [-0.2, 0) is 9.53 Å². The Morgan fingerprint density at radius 2 is 2.62 bits per heavy atom. The lowest BCUT2D eigenvalue weighted by Gasteiger charge is -2.05. The Bertz CT molecular complexity index is 302. The van der Waals surface area contributed by atoms with Crippen LogP contribution in [0.4, 0.5) is 0 Å². The molecule has 1 rings (SSSR count). The normalized spacial score (nSPS) is 12.5. The van der Waals surface area contributed by atoms with Crippen LogP contribution in [0, 0.1) is 2.88 Å². The third-order valence-electron chi connectivity index (χ3n) is 1.43. The number of nitrogens with zero attached hydrogens (tertiary/aromatic N) is 1. The number of methoxy groups -OCH3 is 1. The van der Waals surface area contributed by atoms with E-state index in [1.807, 2.05) is 0 Å². The second-order valence-corrected chi connectivity index (χ2v) is 5.35. The number of hydrogen-bond donors (Lipinski definition) is 1. The van der Waals surface area contributed by atoms with Crippen LogP contribution in [0.25, 0.3) is 0 Å². The predicted molar refractivity (Wildman–Crippen MR) is 58.4 cm³/mol. The van der Waals surface area contributed by atoms with Crippen molar-refractivity contribution in [3.8, 4) is 0 Å². The molecule has 0 radical (unpaired) electrons. The molecular formula is C7H9IN2O2S. The van der Waals surface area contributed by atoms with Crippen molar-refractivity contribution in [2.45, 2.75) is 12.5 Å². The number of carbonyl (C=O) groups excluding carboxylic acids is 1. The van der Waals surface area contributed by atoms with Gasteiger partial charge in [0.1, 0.15) is 5.01 Å². The molecule has 1 aromatic heterocycles. The number of carbonyl (C=O) groups is 1. The first-order chi connectivity index (χ1) is 6.13. The van der Waals surface area contributed by atoms with Crippen LogP contribution in [0.2, 0.25) is 0 Å². The Morgan fingerprint density at radius 3 is 3.08 bits per heavy atom. The van der Waals surface area contributed by atoms with E-state index in [-0.39, 0.29) is 18.4 Å². The van der Waals surface area contributed by atoms with E-state index < -0.39 is 0 Å². The van der Waals surface area contributed by atoms with Crippen LogP contribution in [0.5, 0.6) is 0 Å². The Balaban J connectivity index is 2.58. The fourth-order valence-electron chi connectivity index (χ4n) is 0.789. The van der Waals surface area contributed by atoms with Crippen LogP contribution >= 0.6 is 33.9 Å². The van der Waals surface area contributed by atoms with Crippen LogP contribution in [-0.4, -0.2) is 18.1 Å². The fourth-order valence-corrected chi connectivity index (χ4v) is 2.25. The molecule has 0 bridgehead atoms. The molecule has 0 aliphatic heterocycles. The fraction of sp³-hybridized carbons (Fsp3) is 0.429. The molecule has 0 saturated carbocycles. The summed E-state index contributed by atoms with van der Waals surface area (Å²) in [5, 5.41) is 0.773. The second-order valence-electron chi connectivity index (χ2n) is 2.39. The average Bonchev–Trinajstić information content (AvgIpc) is 2.51. The highest BCUT2D eigenvalue weighted by molar-refractivity contribution is 14.1. The second kappa shape index (κ2) is 4.87. The third-order valence-corrected chi connectivity index (χ3v) is 3.28. The first kappa shape index (κ1) is 10.9. The minimum absolute atomic E-state index is 0.181. The monoisotopic (exact) mass is 312 g/mol. The molecule has 6 heteroatoms. The van der Waals surface area contributed by atoms with E-state index >= 15 is 0 Å². The van der Waals surface area contributed by atoms with Crippen molar-refractivity contribution in [1.29, 1.82) is 0 Å². The van der Waals surface area contributed by atoms with Crippen molar-refractivity contribution in [1.82, 2.24) is 4.98 Å². The van der Waals surface area contributed by atoms with Gasteiger partial charge in [0.2, 0.25) is 0 Å². The molecule has 0 saturated heterocycles. The van der Waals surface area contributed by atoms with Crippen LogP contribution in [0.3, 0.4) is 0 Å². The van der Waals surface area contributed by atoms with Gasteiger partial charge in [-0.3, -0.25) is 4.79 Å². The van der Waals surface area contributed by atoms with E-state index in [2.05, 4.69) is 32.3 Å². The van der Waals surface area contributed by atoms with Crippen LogP contribution < -0.4 is 5.73 Å². The first-order valence-electron chi connectivity index (χ1n) is 3.57. The zero-order valence-corrected chi connectivity index (χ0v) is 9.96. The molecular weight excluding hydrogens is 303 g/mol. The van der Waals surface area contributed by atoms with Gasteiger partial charge in [-0.2, -0.15) is 0 Å². The molecule has 0 amide bonds. The molecule has 0 aromatic carbocycles. The van der Waals surface area contributed by atoms with Gasteiger partial charge >= 0.3 is 5.97 Å². The van der Waals surface area contributed by atoms with Crippen molar-refractivity contribution in [2.75, 3.05) is 7.11 Å². The first-order valence-corrected chi connectivity index (χ1v) is 5.46. The molecule has 72 valence electrons. The van der Waals surface area contributed by atoms with E-state index in [0.29, 0.717) is 0 Å². The number of halogens is 1. The Morgan fingerprint density at radius 1 is 1.92 bits per heavy atom. The summed E-state index contributed by atoms with van der Waals surface area (Å²) in [6.07, 6.45) is 1.91. The van der Waals surface area contributed by atoms with E-state index in [0.717, 1.165) is 7.89 Å². The maximum atomic E-state index is 10.9. The number of rotatable bonds is 3. The number of ether oxygens (including phenoxy) is 1. The Kier molecular flexibility index (Phi) is 4.07. The zero-order chi connectivity index (χ0) is 9.84. The van der Waals surface area contributed by atoms with Gasteiger partial charge < -0.3 is 10.5 Å². The van der Waals surface area contributed by atoms with Gasteiger partial charge in [-0.15, -0.1) is 11.3 Å². The molecule has 1 heterocycles. The Labute approximate surface area is 93.6 Å². The van der Waals surface area contributed by atoms with Gasteiger partial charge in [-0.05, 0) is 22.6 Å². The number of esters is 1. The summed E-state index contributed by atoms with van der Waals surface area (Å²) in [6.45, 7) is 0. The van der Waals surface area contributed by atoms with E-state index in [1.54, 1.807) is 6.20 Å². The largest absolute Gasteiger partial charge is 0.469 e. The third kappa shape index (κ3) is 3.20. The summed E-state index contributed by atoms with van der Waals surface area (Å²) < 4.78 is 5.57. The number of nitrogens with two attached hydrogens (primary N) is 1. The topological polar surface area (TPSA) is 65.2 Å². The molecule has 0 spiro atoms. The zero-order valence-electron chi connectivity index (χ0n) is 6.99. The maximum Gasteiger partial charge on any atom is 0.307 e. The predicted octanol–water partition coefficient (Wildman–Crippen LogP) is 1.31. The summed E-state index contributed by atoms with van der Waals surface area (Å²) in [4.78, 5) is 15.0. The molecule has 0 fully saturated rings. The van der Waals surface area contributed by atoms with Gasteiger partial charge in [0.05, 0.1) is 28.7 Å². The lowest BCUT2D eigenvalue weighted by Crippen LogP contribution is -2.15. The molecule has 4 nitrogen and oxygen atoms in total. The van der Waals surface area contributed by atoms with E-state index in [1.165, 1.54) is 18.4 Å². The van der Waals surface area contributed by atoms with Crippen molar-refractivity contribution in [2.24, 2.45) is 5.73 Å². The summed E-state index contributed by atoms with van der Waals surface area (Å²) in [7, 11) is 1.35. The Hall–Kier alpha value is -0.210. The molecule has 1 atom stereocenters.